The van der Waals surface area contributed by atoms with Gasteiger partial charge in [-0.3, -0.25) is 4.99 Å². The minimum Gasteiger partial charge on any atom is -0.318 e. The van der Waals surface area contributed by atoms with Gasteiger partial charge in [-0.05, 0) is 19.1 Å². The molecule has 88 valence electrons. The Kier molecular flexibility index (Phi) is 2.85. The molecule has 0 bridgehead atoms. The highest BCUT2D eigenvalue weighted by molar-refractivity contribution is 8.17. The average molecular weight is 285 g/mol. The normalized spacial score (nSPS) is 18.8. The van der Waals surface area contributed by atoms with Crippen LogP contribution in [0.5, 0.6) is 0 Å². The minimum absolute atomic E-state index is 0.592. The molecule has 2 nitrogen and oxygen atoms in total. The summed E-state index contributed by atoms with van der Waals surface area (Å²) in [5, 5.41) is 2.29. The third kappa shape index (κ3) is 1.86. The van der Waals surface area contributed by atoms with Gasteiger partial charge in [0, 0.05) is 17.0 Å². The van der Waals surface area contributed by atoms with Crippen molar-refractivity contribution in [2.45, 2.75) is 6.92 Å². The Morgan fingerprint density at radius 3 is 2.88 bits per heavy atom. The molecule has 1 aromatic carbocycles. The van der Waals surface area contributed by atoms with Gasteiger partial charge in [-0.1, -0.05) is 41.0 Å². The Labute approximate surface area is 114 Å². The Hall–Kier alpha value is -0.640. The van der Waals surface area contributed by atoms with Crippen LogP contribution in [-0.2, 0) is 0 Å². The lowest BCUT2D eigenvalue weighted by atomic mass is 10.1. The molecule has 0 spiro atoms. The molecule has 0 unspecified atom stereocenters. The third-order valence-electron chi connectivity index (χ3n) is 2.84. The number of amidine groups is 1. The van der Waals surface area contributed by atoms with Crippen molar-refractivity contribution in [1.29, 1.82) is 0 Å². The number of benzene rings is 1. The van der Waals surface area contributed by atoms with Crippen molar-refractivity contribution >= 4 is 45.8 Å². The lowest BCUT2D eigenvalue weighted by molar-refractivity contribution is 0.648. The predicted octanol–water partition coefficient (Wildman–Crippen LogP) is 4.10. The summed E-state index contributed by atoms with van der Waals surface area (Å²) in [7, 11) is 0. The molecular formula is C12H10Cl2N2S. The van der Waals surface area contributed by atoms with E-state index >= 15 is 0 Å². The maximum Gasteiger partial charge on any atom is 0.168 e. The zero-order valence-electron chi connectivity index (χ0n) is 9.20. The van der Waals surface area contributed by atoms with Crippen molar-refractivity contribution in [2.75, 3.05) is 13.1 Å². The first-order valence-corrected chi connectivity index (χ1v) is 6.90. The molecule has 0 atom stereocenters. The Morgan fingerprint density at radius 2 is 2.12 bits per heavy atom. The van der Waals surface area contributed by atoms with E-state index in [0.29, 0.717) is 10.0 Å². The highest BCUT2D eigenvalue weighted by Gasteiger charge is 2.30. The van der Waals surface area contributed by atoms with Crippen molar-refractivity contribution in [1.82, 2.24) is 4.90 Å². The zero-order valence-corrected chi connectivity index (χ0v) is 11.5. The molecule has 0 N–H and O–H groups in total. The van der Waals surface area contributed by atoms with Crippen molar-refractivity contribution in [3.8, 4) is 0 Å². The van der Waals surface area contributed by atoms with Gasteiger partial charge in [0.15, 0.2) is 5.17 Å². The smallest absolute Gasteiger partial charge is 0.168 e. The van der Waals surface area contributed by atoms with Gasteiger partial charge >= 0.3 is 0 Å². The largest absolute Gasteiger partial charge is 0.318 e. The first-order valence-electron chi connectivity index (χ1n) is 5.33. The van der Waals surface area contributed by atoms with Gasteiger partial charge in [-0.25, -0.2) is 0 Å². The number of rotatable bonds is 1. The van der Waals surface area contributed by atoms with Gasteiger partial charge in [0.05, 0.1) is 22.3 Å². The molecule has 5 heteroatoms. The first-order chi connectivity index (χ1) is 8.16. The fourth-order valence-corrected chi connectivity index (χ4v) is 3.44. The summed E-state index contributed by atoms with van der Waals surface area (Å²) in [5.74, 6) is 0. The van der Waals surface area contributed by atoms with E-state index in [0.717, 1.165) is 23.8 Å². The van der Waals surface area contributed by atoms with Gasteiger partial charge in [0.1, 0.15) is 0 Å². The highest BCUT2D eigenvalue weighted by Crippen LogP contribution is 2.42. The van der Waals surface area contributed by atoms with Gasteiger partial charge in [-0.2, -0.15) is 0 Å². The first kappa shape index (κ1) is 11.5. The Balaban J connectivity index is 2.06. The van der Waals surface area contributed by atoms with Gasteiger partial charge in [0.25, 0.3) is 0 Å². The molecule has 3 rings (SSSR count). The summed E-state index contributed by atoms with van der Waals surface area (Å²) in [6.07, 6.45) is 0. The molecule has 0 aromatic heterocycles. The lowest BCUT2D eigenvalue weighted by Gasteiger charge is -2.17. The van der Waals surface area contributed by atoms with E-state index in [9.17, 15) is 0 Å². The molecule has 0 fully saturated rings. The van der Waals surface area contributed by atoms with Crippen molar-refractivity contribution in [3.63, 3.8) is 0 Å². The summed E-state index contributed by atoms with van der Waals surface area (Å²) in [4.78, 5) is 7.98. The minimum atomic E-state index is 0.592. The second kappa shape index (κ2) is 4.23. The second-order valence-corrected chi connectivity index (χ2v) is 5.95. The molecule has 0 saturated carbocycles. The third-order valence-corrected chi connectivity index (χ3v) is 4.61. The molecular weight excluding hydrogens is 275 g/mol. The van der Waals surface area contributed by atoms with Crippen LogP contribution < -0.4 is 0 Å². The summed E-state index contributed by atoms with van der Waals surface area (Å²) in [6.45, 7) is 3.94. The topological polar surface area (TPSA) is 15.6 Å². The van der Waals surface area contributed by atoms with Crippen LogP contribution in [0, 0.1) is 0 Å². The van der Waals surface area contributed by atoms with Crippen LogP contribution >= 0.6 is 35.0 Å². The molecule has 2 aliphatic rings. The molecule has 0 aliphatic carbocycles. The van der Waals surface area contributed by atoms with E-state index in [1.807, 2.05) is 18.2 Å². The number of hydrogen-bond acceptors (Lipinski definition) is 3. The van der Waals surface area contributed by atoms with E-state index in [1.54, 1.807) is 11.8 Å². The zero-order chi connectivity index (χ0) is 12.0. The fourth-order valence-electron chi connectivity index (χ4n) is 2.10. The van der Waals surface area contributed by atoms with E-state index in [4.69, 9.17) is 23.2 Å². The number of aliphatic imine (C=N–C) groups is 1. The van der Waals surface area contributed by atoms with Crippen LogP contribution in [0.25, 0.3) is 5.70 Å². The van der Waals surface area contributed by atoms with Crippen LogP contribution in [-0.4, -0.2) is 23.2 Å². The average Bonchev–Trinajstić information content (AvgIpc) is 2.82. The molecule has 17 heavy (non-hydrogen) atoms. The summed E-state index contributed by atoms with van der Waals surface area (Å²) in [6, 6.07) is 5.77. The quantitative estimate of drug-likeness (QED) is 0.772. The SMILES string of the molecule is CC1=C(c2ccc(Cl)c(Cl)c2)N2CCN=C2S1. The van der Waals surface area contributed by atoms with Gasteiger partial charge in [-0.15, -0.1) is 0 Å². The molecule has 2 heterocycles. The highest BCUT2D eigenvalue weighted by atomic mass is 35.5. The lowest BCUT2D eigenvalue weighted by Crippen LogP contribution is -2.19. The van der Waals surface area contributed by atoms with Crippen molar-refractivity contribution in [3.05, 3.63) is 38.7 Å². The maximum atomic E-state index is 6.07. The van der Waals surface area contributed by atoms with Crippen LogP contribution in [0.3, 0.4) is 0 Å². The second-order valence-electron chi connectivity index (χ2n) is 3.95. The van der Waals surface area contributed by atoms with Crippen LogP contribution in [0.4, 0.5) is 0 Å². The van der Waals surface area contributed by atoms with E-state index in [2.05, 4.69) is 16.8 Å². The fraction of sp³-hybridized carbons (Fsp3) is 0.250. The van der Waals surface area contributed by atoms with E-state index < -0.39 is 0 Å². The number of allylic oxidation sites excluding steroid dienone is 1. The molecule has 2 aliphatic heterocycles. The van der Waals surface area contributed by atoms with Crippen molar-refractivity contribution < 1.29 is 0 Å². The molecule has 0 amide bonds. The van der Waals surface area contributed by atoms with E-state index in [1.165, 1.54) is 10.6 Å². The summed E-state index contributed by atoms with van der Waals surface area (Å²) < 4.78 is 0. The standard InChI is InChI=1S/C12H10Cl2N2S/c1-7-11(16-5-4-15-12(16)17-7)8-2-3-9(13)10(14)6-8/h2-3,6H,4-5H2,1H3. The number of nitrogens with zero attached hydrogens (tertiary/aromatic N) is 2. The number of halogens is 2. The predicted molar refractivity (Wildman–Crippen MR) is 75.7 cm³/mol. The monoisotopic (exact) mass is 284 g/mol. The van der Waals surface area contributed by atoms with E-state index in [-0.39, 0.29) is 0 Å². The Morgan fingerprint density at radius 1 is 1.29 bits per heavy atom. The van der Waals surface area contributed by atoms with Crippen LogP contribution in [0.1, 0.15) is 12.5 Å². The molecule has 0 radical (unpaired) electrons. The molecule has 1 aromatic rings. The Bertz CT molecular complexity index is 551. The number of thioether (sulfide) groups is 1. The van der Waals surface area contributed by atoms with Gasteiger partial charge < -0.3 is 4.90 Å². The summed E-state index contributed by atoms with van der Waals surface area (Å²) in [5.41, 5.74) is 2.32. The van der Waals surface area contributed by atoms with Gasteiger partial charge in [0.2, 0.25) is 0 Å². The molecule has 0 saturated heterocycles. The van der Waals surface area contributed by atoms with Crippen LogP contribution in [0.2, 0.25) is 10.0 Å². The summed E-state index contributed by atoms with van der Waals surface area (Å²) >= 11 is 13.7. The van der Waals surface area contributed by atoms with Crippen LogP contribution in [0.15, 0.2) is 28.1 Å². The maximum absolute atomic E-state index is 6.07. The number of hydrogen-bond donors (Lipinski definition) is 0. The number of fused-ring (bicyclic) bond motifs is 1. The van der Waals surface area contributed by atoms with Crippen molar-refractivity contribution in [2.24, 2.45) is 4.99 Å².